The highest BCUT2D eigenvalue weighted by Gasteiger charge is 2.20. The van der Waals surface area contributed by atoms with Crippen molar-refractivity contribution in [1.82, 2.24) is 20.2 Å². The van der Waals surface area contributed by atoms with E-state index in [2.05, 4.69) is 31.5 Å². The van der Waals surface area contributed by atoms with Gasteiger partial charge in [-0.25, -0.2) is 9.78 Å². The molecule has 0 aliphatic rings. The number of amides is 3. The van der Waals surface area contributed by atoms with Gasteiger partial charge in [0.05, 0.1) is 6.33 Å². The molecule has 2 N–H and O–H groups in total. The maximum atomic E-state index is 11.9. The molecule has 0 fully saturated rings. The minimum absolute atomic E-state index is 0.0117. The second-order valence-electron chi connectivity index (χ2n) is 3.59. The highest BCUT2D eigenvalue weighted by Crippen LogP contribution is 2.15. The van der Waals surface area contributed by atoms with E-state index in [0.717, 1.165) is 10.9 Å². The topological polar surface area (TPSA) is 93.1 Å². The number of hydrogen-bond acceptors (Lipinski definition) is 4. The molecule has 7 nitrogen and oxygen atoms in total. The van der Waals surface area contributed by atoms with Crippen molar-refractivity contribution in [2.45, 2.75) is 19.9 Å². The predicted molar refractivity (Wildman–Crippen MR) is 73.1 cm³/mol. The van der Waals surface area contributed by atoms with Crippen LogP contribution in [-0.2, 0) is 4.79 Å². The lowest BCUT2D eigenvalue weighted by Gasteiger charge is -2.14. The fraction of sp³-hybridized carbons (Fsp3) is 0.400. The number of carbonyl (C=O) groups excluding carboxylic acids is 2. The lowest BCUT2D eigenvalue weighted by molar-refractivity contribution is -0.122. The van der Waals surface area contributed by atoms with Crippen molar-refractivity contribution in [3.63, 3.8) is 0 Å². The van der Waals surface area contributed by atoms with E-state index in [0.29, 0.717) is 6.54 Å². The molecule has 0 saturated heterocycles. The number of hydrogen-bond donors (Lipinski definition) is 2. The molecule has 0 aliphatic carbocycles. The largest absolute Gasteiger partial charge is 0.338 e. The number of imide groups is 1. The summed E-state index contributed by atoms with van der Waals surface area (Å²) in [5.41, 5.74) is -0.501. The summed E-state index contributed by atoms with van der Waals surface area (Å²) in [7, 11) is 0. The van der Waals surface area contributed by atoms with Crippen LogP contribution in [0.2, 0.25) is 5.15 Å². The van der Waals surface area contributed by atoms with E-state index in [1.165, 1.54) is 6.92 Å². The fourth-order valence-electron chi connectivity index (χ4n) is 1.25. The van der Waals surface area contributed by atoms with Crippen LogP contribution in [0.1, 0.15) is 19.9 Å². The number of aromatic nitrogens is 2. The highest BCUT2D eigenvalue weighted by molar-refractivity contribution is 9.10. The zero-order chi connectivity index (χ0) is 14.6. The van der Waals surface area contributed by atoms with Crippen molar-refractivity contribution < 1.29 is 9.59 Å². The molecule has 1 rings (SSSR count). The average Bonchev–Trinajstić information content (AvgIpc) is 2.35. The fourth-order valence-corrected chi connectivity index (χ4v) is 1.68. The van der Waals surface area contributed by atoms with Crippen LogP contribution >= 0.6 is 27.5 Å². The Morgan fingerprint density at radius 2 is 2.21 bits per heavy atom. The van der Waals surface area contributed by atoms with Crippen molar-refractivity contribution in [1.29, 1.82) is 0 Å². The summed E-state index contributed by atoms with van der Waals surface area (Å²) in [6.45, 7) is 3.58. The summed E-state index contributed by atoms with van der Waals surface area (Å²) in [4.78, 5) is 38.6. The molecular weight excluding hydrogens is 339 g/mol. The van der Waals surface area contributed by atoms with Gasteiger partial charge in [0.15, 0.2) is 5.15 Å². The first-order valence-corrected chi connectivity index (χ1v) is 6.56. The minimum atomic E-state index is -0.892. The number of rotatable bonds is 3. The van der Waals surface area contributed by atoms with Crippen LogP contribution < -0.4 is 16.2 Å². The first-order chi connectivity index (χ1) is 8.88. The monoisotopic (exact) mass is 350 g/mol. The molecule has 0 bridgehead atoms. The second-order valence-corrected chi connectivity index (χ2v) is 4.74. The Balaban J connectivity index is 2.92. The summed E-state index contributed by atoms with van der Waals surface area (Å²) in [5.74, 6) is -0.621. The van der Waals surface area contributed by atoms with Crippen molar-refractivity contribution in [3.8, 4) is 0 Å². The third-order valence-electron chi connectivity index (χ3n) is 2.27. The van der Waals surface area contributed by atoms with Crippen LogP contribution in [0.15, 0.2) is 15.6 Å². The molecule has 104 valence electrons. The van der Waals surface area contributed by atoms with Crippen LogP contribution in [0.5, 0.6) is 0 Å². The molecule has 0 aromatic carbocycles. The van der Waals surface area contributed by atoms with Gasteiger partial charge in [-0.3, -0.25) is 19.5 Å². The Hall–Kier alpha value is -1.41. The van der Waals surface area contributed by atoms with Crippen LogP contribution in [0, 0.1) is 0 Å². The van der Waals surface area contributed by atoms with Crippen molar-refractivity contribution in [2.24, 2.45) is 0 Å². The van der Waals surface area contributed by atoms with Crippen molar-refractivity contribution in [3.05, 3.63) is 26.3 Å². The van der Waals surface area contributed by atoms with E-state index in [9.17, 15) is 14.4 Å². The molecular formula is C10H12BrClN4O3. The van der Waals surface area contributed by atoms with Gasteiger partial charge in [-0.05, 0) is 29.8 Å². The molecule has 1 atom stereocenters. The quantitative estimate of drug-likeness (QED) is 0.797. The van der Waals surface area contributed by atoms with Gasteiger partial charge in [0, 0.05) is 6.54 Å². The summed E-state index contributed by atoms with van der Waals surface area (Å²) in [6.07, 6.45) is 1.15. The van der Waals surface area contributed by atoms with Crippen LogP contribution in [-0.4, -0.2) is 28.0 Å². The molecule has 1 aromatic rings. The number of carbonyl (C=O) groups is 2. The Bertz CT molecular complexity index is 560. The van der Waals surface area contributed by atoms with Gasteiger partial charge in [0.25, 0.3) is 11.5 Å². The molecule has 0 saturated carbocycles. The van der Waals surface area contributed by atoms with Crippen molar-refractivity contribution in [2.75, 3.05) is 6.54 Å². The summed E-state index contributed by atoms with van der Waals surface area (Å²) >= 11 is 8.64. The number of halogens is 2. The normalized spacial score (nSPS) is 11.8. The second kappa shape index (κ2) is 6.67. The lowest BCUT2D eigenvalue weighted by Crippen LogP contribution is -2.43. The summed E-state index contributed by atoms with van der Waals surface area (Å²) < 4.78 is 1.14. The third kappa shape index (κ3) is 3.77. The minimum Gasteiger partial charge on any atom is -0.338 e. The maximum Gasteiger partial charge on any atom is 0.321 e. The van der Waals surface area contributed by atoms with Gasteiger partial charge in [-0.2, -0.15) is 0 Å². The van der Waals surface area contributed by atoms with Crippen LogP contribution in [0.4, 0.5) is 4.79 Å². The van der Waals surface area contributed by atoms with Gasteiger partial charge < -0.3 is 5.32 Å². The van der Waals surface area contributed by atoms with Gasteiger partial charge in [0.2, 0.25) is 0 Å². The molecule has 9 heteroatoms. The summed E-state index contributed by atoms with van der Waals surface area (Å²) in [6, 6.07) is -1.51. The van der Waals surface area contributed by atoms with Gasteiger partial charge in [0.1, 0.15) is 10.5 Å². The average molecular weight is 352 g/mol. The van der Waals surface area contributed by atoms with Crippen LogP contribution in [0.25, 0.3) is 0 Å². The first-order valence-electron chi connectivity index (χ1n) is 5.39. The molecule has 0 spiro atoms. The molecule has 1 unspecified atom stereocenters. The predicted octanol–water partition coefficient (Wildman–Crippen LogP) is 1.07. The first kappa shape index (κ1) is 15.6. The SMILES string of the molecule is CCNC(=O)NC(=O)C(C)n1cnc(Cl)c(Br)c1=O. The van der Waals surface area contributed by atoms with E-state index >= 15 is 0 Å². The Morgan fingerprint density at radius 3 is 2.79 bits per heavy atom. The molecule has 0 radical (unpaired) electrons. The Morgan fingerprint density at radius 1 is 1.58 bits per heavy atom. The Kier molecular flexibility index (Phi) is 5.49. The Labute approximate surface area is 122 Å². The van der Waals surface area contributed by atoms with Gasteiger partial charge >= 0.3 is 6.03 Å². The summed E-state index contributed by atoms with van der Waals surface area (Å²) in [5, 5.41) is 4.54. The zero-order valence-electron chi connectivity index (χ0n) is 10.2. The van der Waals surface area contributed by atoms with Crippen LogP contribution in [0.3, 0.4) is 0 Å². The van der Waals surface area contributed by atoms with Gasteiger partial charge in [-0.15, -0.1) is 0 Å². The lowest BCUT2D eigenvalue weighted by atomic mass is 10.3. The van der Waals surface area contributed by atoms with E-state index in [1.807, 2.05) is 0 Å². The molecule has 1 heterocycles. The van der Waals surface area contributed by atoms with E-state index in [-0.39, 0.29) is 9.63 Å². The zero-order valence-corrected chi connectivity index (χ0v) is 12.6. The number of urea groups is 1. The number of nitrogens with one attached hydrogen (secondary N) is 2. The van der Waals surface area contributed by atoms with E-state index in [1.54, 1.807) is 6.92 Å². The molecule has 0 aliphatic heterocycles. The molecule has 1 aromatic heterocycles. The third-order valence-corrected chi connectivity index (χ3v) is 3.50. The van der Waals surface area contributed by atoms with Crippen molar-refractivity contribution >= 4 is 39.5 Å². The van der Waals surface area contributed by atoms with E-state index < -0.39 is 23.5 Å². The number of nitrogens with zero attached hydrogens (tertiary/aromatic N) is 2. The smallest absolute Gasteiger partial charge is 0.321 e. The molecule has 3 amide bonds. The maximum absolute atomic E-state index is 11.9. The van der Waals surface area contributed by atoms with Gasteiger partial charge in [-0.1, -0.05) is 11.6 Å². The molecule has 19 heavy (non-hydrogen) atoms. The standard InChI is InChI=1S/C10H12BrClN4O3/c1-3-13-10(19)15-8(17)5(2)16-4-14-7(12)6(11)9(16)18/h4-5H,3H2,1-2H3,(H2,13,15,17,19). The highest BCUT2D eigenvalue weighted by atomic mass is 79.9. The van der Waals surface area contributed by atoms with E-state index in [4.69, 9.17) is 11.6 Å².